The van der Waals surface area contributed by atoms with E-state index in [9.17, 15) is 9.90 Å². The topological polar surface area (TPSA) is 61.4 Å². The number of aliphatic hydroxyl groups is 1. The Morgan fingerprint density at radius 1 is 1.58 bits per heavy atom. The summed E-state index contributed by atoms with van der Waals surface area (Å²) in [5.74, 6) is 0. The van der Waals surface area contributed by atoms with Crippen LogP contribution in [0.5, 0.6) is 0 Å². The molecule has 0 aromatic rings. The van der Waals surface area contributed by atoms with Crippen LogP contribution in [-0.2, 0) is 0 Å². The van der Waals surface area contributed by atoms with Gasteiger partial charge >= 0.3 is 6.03 Å². The molecule has 1 saturated carbocycles. The van der Waals surface area contributed by atoms with Crippen molar-refractivity contribution in [3.63, 3.8) is 0 Å². The van der Waals surface area contributed by atoms with Gasteiger partial charge in [-0.2, -0.15) is 0 Å². The zero-order valence-corrected chi connectivity index (χ0v) is 7.55. The Balaban J connectivity index is 2.09. The molecule has 1 rings (SSSR count). The van der Waals surface area contributed by atoms with Gasteiger partial charge in [0.05, 0.1) is 5.60 Å². The Labute approximate surface area is 72.3 Å². The van der Waals surface area contributed by atoms with Gasteiger partial charge in [-0.1, -0.05) is 0 Å². The normalized spacial score (nSPS) is 17.2. The van der Waals surface area contributed by atoms with Crippen LogP contribution in [-0.4, -0.2) is 29.3 Å². The van der Waals surface area contributed by atoms with Crippen LogP contribution in [0.2, 0.25) is 0 Å². The Morgan fingerprint density at radius 3 is 2.58 bits per heavy atom. The van der Waals surface area contributed by atoms with Gasteiger partial charge in [0.15, 0.2) is 0 Å². The summed E-state index contributed by atoms with van der Waals surface area (Å²) >= 11 is 0. The van der Waals surface area contributed by atoms with E-state index < -0.39 is 5.60 Å². The Hall–Kier alpha value is -0.770. The van der Waals surface area contributed by atoms with E-state index in [0.717, 1.165) is 12.8 Å². The molecule has 4 heteroatoms. The molecule has 0 aliphatic heterocycles. The predicted molar refractivity (Wildman–Crippen MR) is 45.9 cm³/mol. The number of nitrogens with one attached hydrogen (secondary N) is 2. The Kier molecular flexibility index (Phi) is 2.57. The quantitative estimate of drug-likeness (QED) is 0.570. The lowest BCUT2D eigenvalue weighted by molar-refractivity contribution is 0.0819. The molecule has 1 fully saturated rings. The molecular formula is C8H16N2O2. The molecule has 0 radical (unpaired) electrons. The highest BCUT2D eigenvalue weighted by molar-refractivity contribution is 5.74. The van der Waals surface area contributed by atoms with E-state index in [0.29, 0.717) is 6.04 Å². The highest BCUT2D eigenvalue weighted by Crippen LogP contribution is 2.18. The van der Waals surface area contributed by atoms with E-state index in [2.05, 4.69) is 10.6 Å². The van der Waals surface area contributed by atoms with Crippen molar-refractivity contribution in [3.8, 4) is 0 Å². The first-order valence-electron chi connectivity index (χ1n) is 4.24. The van der Waals surface area contributed by atoms with Crippen molar-refractivity contribution in [3.05, 3.63) is 0 Å². The first-order valence-corrected chi connectivity index (χ1v) is 4.24. The van der Waals surface area contributed by atoms with Crippen LogP contribution >= 0.6 is 0 Å². The minimum absolute atomic E-state index is 0.181. The molecule has 1 aliphatic rings. The third-order valence-electron chi connectivity index (χ3n) is 1.59. The molecule has 0 aromatic carbocycles. The fourth-order valence-electron chi connectivity index (χ4n) is 0.761. The average molecular weight is 172 g/mol. The van der Waals surface area contributed by atoms with Gasteiger partial charge in [0.1, 0.15) is 0 Å². The van der Waals surface area contributed by atoms with Gasteiger partial charge in [0.2, 0.25) is 0 Å². The molecule has 12 heavy (non-hydrogen) atoms. The first kappa shape index (κ1) is 9.32. The zero-order valence-electron chi connectivity index (χ0n) is 7.55. The van der Waals surface area contributed by atoms with Gasteiger partial charge in [0.25, 0.3) is 0 Å². The second-order valence-corrected chi connectivity index (χ2v) is 3.91. The number of hydrogen-bond acceptors (Lipinski definition) is 2. The van der Waals surface area contributed by atoms with Crippen molar-refractivity contribution in [1.29, 1.82) is 0 Å². The smallest absolute Gasteiger partial charge is 0.315 e. The second kappa shape index (κ2) is 3.31. The maximum absolute atomic E-state index is 11.0. The molecule has 0 heterocycles. The van der Waals surface area contributed by atoms with E-state index in [1.165, 1.54) is 0 Å². The summed E-state index contributed by atoms with van der Waals surface area (Å²) in [6.07, 6.45) is 2.16. The van der Waals surface area contributed by atoms with Crippen molar-refractivity contribution in [2.45, 2.75) is 38.3 Å². The lowest BCUT2D eigenvalue weighted by atomic mass is 10.1. The molecule has 0 aromatic heterocycles. The van der Waals surface area contributed by atoms with Crippen LogP contribution in [0.1, 0.15) is 26.7 Å². The number of rotatable bonds is 3. The number of amides is 2. The molecule has 0 saturated heterocycles. The van der Waals surface area contributed by atoms with Crippen LogP contribution in [0.25, 0.3) is 0 Å². The summed E-state index contributed by atoms with van der Waals surface area (Å²) in [5.41, 5.74) is -0.832. The van der Waals surface area contributed by atoms with Crippen molar-refractivity contribution in [1.82, 2.24) is 10.6 Å². The Morgan fingerprint density at radius 2 is 2.17 bits per heavy atom. The van der Waals surface area contributed by atoms with Crippen LogP contribution in [0.3, 0.4) is 0 Å². The molecule has 0 unspecified atom stereocenters. The zero-order chi connectivity index (χ0) is 9.19. The average Bonchev–Trinajstić information content (AvgIpc) is 2.66. The molecule has 1 aliphatic carbocycles. The number of urea groups is 1. The van der Waals surface area contributed by atoms with Gasteiger partial charge < -0.3 is 15.7 Å². The predicted octanol–water partition coefficient (Wildman–Crippen LogP) is 0.219. The number of carbonyl (C=O) groups excluding carboxylic acids is 1. The fraction of sp³-hybridized carbons (Fsp3) is 0.875. The van der Waals surface area contributed by atoms with Crippen LogP contribution in [0.4, 0.5) is 4.79 Å². The number of carbonyl (C=O) groups is 1. The van der Waals surface area contributed by atoms with E-state index in [1.54, 1.807) is 13.8 Å². The molecule has 0 spiro atoms. The SMILES string of the molecule is CC(C)(O)CNC(=O)NC1CC1. The minimum Gasteiger partial charge on any atom is -0.389 e. The van der Waals surface area contributed by atoms with Gasteiger partial charge in [-0.15, -0.1) is 0 Å². The molecule has 70 valence electrons. The standard InChI is InChI=1S/C8H16N2O2/c1-8(2,12)5-9-7(11)10-6-3-4-6/h6,12H,3-5H2,1-2H3,(H2,9,10,11). The van der Waals surface area contributed by atoms with E-state index in [-0.39, 0.29) is 12.6 Å². The maximum Gasteiger partial charge on any atom is 0.315 e. The summed E-state index contributed by atoms with van der Waals surface area (Å²) in [5, 5.41) is 14.6. The minimum atomic E-state index is -0.832. The molecule has 3 N–H and O–H groups in total. The van der Waals surface area contributed by atoms with Gasteiger partial charge in [0, 0.05) is 12.6 Å². The first-order chi connectivity index (χ1) is 5.47. The third kappa shape index (κ3) is 4.18. The van der Waals surface area contributed by atoms with Crippen molar-refractivity contribution in [2.75, 3.05) is 6.54 Å². The fourth-order valence-corrected chi connectivity index (χ4v) is 0.761. The summed E-state index contributed by atoms with van der Waals surface area (Å²) in [4.78, 5) is 11.0. The van der Waals surface area contributed by atoms with Crippen LogP contribution < -0.4 is 10.6 Å². The van der Waals surface area contributed by atoms with Gasteiger partial charge in [-0.05, 0) is 26.7 Å². The van der Waals surface area contributed by atoms with Gasteiger partial charge in [-0.3, -0.25) is 0 Å². The largest absolute Gasteiger partial charge is 0.389 e. The maximum atomic E-state index is 11.0. The van der Waals surface area contributed by atoms with Gasteiger partial charge in [-0.25, -0.2) is 4.79 Å². The Bertz CT molecular complexity index is 170. The summed E-state index contributed by atoms with van der Waals surface area (Å²) in [6, 6.07) is 0.187. The summed E-state index contributed by atoms with van der Waals surface area (Å²) in [7, 11) is 0. The van der Waals surface area contributed by atoms with Crippen LogP contribution in [0.15, 0.2) is 0 Å². The summed E-state index contributed by atoms with van der Waals surface area (Å²) in [6.45, 7) is 3.60. The highest BCUT2D eigenvalue weighted by Gasteiger charge is 2.23. The highest BCUT2D eigenvalue weighted by atomic mass is 16.3. The van der Waals surface area contributed by atoms with E-state index >= 15 is 0 Å². The van der Waals surface area contributed by atoms with E-state index in [4.69, 9.17) is 0 Å². The van der Waals surface area contributed by atoms with Crippen LogP contribution in [0, 0.1) is 0 Å². The lowest BCUT2D eigenvalue weighted by Gasteiger charge is -2.17. The lowest BCUT2D eigenvalue weighted by Crippen LogP contribution is -2.44. The van der Waals surface area contributed by atoms with Crippen molar-refractivity contribution < 1.29 is 9.90 Å². The number of hydrogen-bond donors (Lipinski definition) is 3. The van der Waals surface area contributed by atoms with Crippen molar-refractivity contribution in [2.24, 2.45) is 0 Å². The molecule has 0 bridgehead atoms. The molecule has 0 atom stereocenters. The third-order valence-corrected chi connectivity index (χ3v) is 1.59. The molecular weight excluding hydrogens is 156 g/mol. The second-order valence-electron chi connectivity index (χ2n) is 3.91. The molecule has 4 nitrogen and oxygen atoms in total. The molecule has 2 amide bonds. The monoisotopic (exact) mass is 172 g/mol. The summed E-state index contributed by atoms with van der Waals surface area (Å²) < 4.78 is 0. The van der Waals surface area contributed by atoms with E-state index in [1.807, 2.05) is 0 Å². The van der Waals surface area contributed by atoms with Crippen molar-refractivity contribution >= 4 is 6.03 Å².